The molecule has 0 aliphatic carbocycles. The third-order valence-corrected chi connectivity index (χ3v) is 23.4. The summed E-state index contributed by atoms with van der Waals surface area (Å²) in [6.45, 7) is 16.4. The molecular formula is C120H92O7. The van der Waals surface area contributed by atoms with Crippen molar-refractivity contribution in [3.8, 4) is 22.3 Å². The third kappa shape index (κ3) is 18.3. The zero-order valence-electron chi connectivity index (χ0n) is 71.1. The molecule has 0 aromatic heterocycles. The van der Waals surface area contributed by atoms with Gasteiger partial charge in [-0.1, -0.05) is 372 Å². The maximum Gasteiger partial charge on any atom is 0.333 e. The molecule has 22 aromatic rings. The molecular weight excluding hydrogens is 1550 g/mol. The number of carbonyl (C=O) groups excluding carboxylic acids is 3. The fourth-order valence-corrected chi connectivity index (χ4v) is 17.2. The van der Waals surface area contributed by atoms with Crippen molar-refractivity contribution in [2.45, 2.75) is 47.2 Å². The van der Waals surface area contributed by atoms with E-state index in [1.807, 2.05) is 97.1 Å². The van der Waals surface area contributed by atoms with E-state index in [0.717, 1.165) is 76.1 Å². The lowest BCUT2D eigenvalue weighted by Crippen LogP contribution is -2.08. The Bertz CT molecular complexity index is 7290. The van der Waals surface area contributed by atoms with Crippen LogP contribution in [-0.2, 0) is 55.0 Å². The van der Waals surface area contributed by atoms with Crippen molar-refractivity contribution in [2.24, 2.45) is 0 Å². The van der Waals surface area contributed by atoms with Gasteiger partial charge in [0, 0.05) is 33.4 Å². The lowest BCUT2D eigenvalue weighted by Gasteiger charge is -2.17. The number of carbonyl (C=O) groups is 3. The van der Waals surface area contributed by atoms with Gasteiger partial charge < -0.3 is 19.3 Å². The molecule has 614 valence electrons. The Hall–Kier alpha value is -15.9. The molecule has 0 radical (unpaired) electrons. The van der Waals surface area contributed by atoms with Gasteiger partial charge in [0.1, 0.15) is 19.8 Å². The van der Waals surface area contributed by atoms with Crippen LogP contribution < -0.4 is 0 Å². The Morgan fingerprint density at radius 3 is 0.598 bits per heavy atom. The molecule has 7 heteroatoms. The average molecular weight is 1650 g/mol. The van der Waals surface area contributed by atoms with Gasteiger partial charge in [-0.3, -0.25) is 0 Å². The molecule has 0 aliphatic heterocycles. The highest BCUT2D eigenvalue weighted by Crippen LogP contribution is 2.44. The smallest absolute Gasteiger partial charge is 0.333 e. The number of aliphatic hydroxyl groups excluding tert-OH is 1. The maximum atomic E-state index is 11.9. The Morgan fingerprint density at radius 2 is 0.370 bits per heavy atom. The van der Waals surface area contributed by atoms with Gasteiger partial charge in [-0.25, -0.2) is 14.4 Å². The second-order valence-corrected chi connectivity index (χ2v) is 31.9. The number of hydrogen-bond donors (Lipinski definition) is 1. The summed E-state index contributed by atoms with van der Waals surface area (Å²) >= 11 is 0. The Morgan fingerprint density at radius 1 is 0.205 bits per heavy atom. The number of ether oxygens (including phenoxy) is 3. The van der Waals surface area contributed by atoms with E-state index in [-0.39, 0.29) is 32.4 Å². The first-order valence-corrected chi connectivity index (χ1v) is 42.7. The van der Waals surface area contributed by atoms with Gasteiger partial charge in [0.25, 0.3) is 0 Å². The molecule has 22 aromatic carbocycles. The molecule has 0 saturated carbocycles. The zero-order valence-corrected chi connectivity index (χ0v) is 71.1. The number of aliphatic hydroxyl groups is 1. The Labute approximate surface area is 738 Å². The molecule has 7 nitrogen and oxygen atoms in total. The Balaban J connectivity index is 0.000000109. The lowest BCUT2D eigenvalue weighted by atomic mass is 9.86. The molecule has 0 heterocycles. The molecule has 0 aliphatic rings. The molecule has 0 bridgehead atoms. The van der Waals surface area contributed by atoms with Crippen LogP contribution in [0.1, 0.15) is 43.0 Å². The van der Waals surface area contributed by atoms with Crippen molar-refractivity contribution < 1.29 is 33.7 Å². The summed E-state index contributed by atoms with van der Waals surface area (Å²) in [5, 5.41) is 43.4. The van der Waals surface area contributed by atoms with Crippen LogP contribution in [0.3, 0.4) is 0 Å². The molecule has 0 saturated heterocycles. The van der Waals surface area contributed by atoms with Crippen molar-refractivity contribution in [2.75, 3.05) is 0 Å². The topological polar surface area (TPSA) is 99.1 Å². The zero-order chi connectivity index (χ0) is 87.3. The van der Waals surface area contributed by atoms with E-state index in [4.69, 9.17) is 14.2 Å². The van der Waals surface area contributed by atoms with E-state index in [1.54, 1.807) is 20.8 Å². The second-order valence-electron chi connectivity index (χ2n) is 31.9. The van der Waals surface area contributed by atoms with E-state index < -0.39 is 11.9 Å². The number of rotatable bonds is 12. The van der Waals surface area contributed by atoms with Crippen LogP contribution in [0.15, 0.2) is 449 Å². The molecule has 0 amide bonds. The highest BCUT2D eigenvalue weighted by atomic mass is 16.5. The third-order valence-electron chi connectivity index (χ3n) is 23.4. The number of esters is 3. The van der Waals surface area contributed by atoms with Crippen LogP contribution in [-0.4, -0.2) is 23.0 Å². The van der Waals surface area contributed by atoms with E-state index >= 15 is 0 Å². The van der Waals surface area contributed by atoms with E-state index in [0.29, 0.717) is 16.7 Å². The predicted octanol–water partition coefficient (Wildman–Crippen LogP) is 30.9. The largest absolute Gasteiger partial charge is 0.457 e. The molecule has 0 spiro atoms. The number of fused-ring (bicyclic) bond motifs is 14. The van der Waals surface area contributed by atoms with Crippen molar-refractivity contribution in [3.05, 3.63) is 471 Å². The molecule has 0 fully saturated rings. The van der Waals surface area contributed by atoms with Crippen molar-refractivity contribution in [1.29, 1.82) is 0 Å². The van der Waals surface area contributed by atoms with Gasteiger partial charge in [-0.2, -0.15) is 0 Å². The highest BCUT2D eigenvalue weighted by Gasteiger charge is 2.20. The second kappa shape index (κ2) is 38.2. The summed E-state index contributed by atoms with van der Waals surface area (Å²) in [5.41, 5.74) is 10.2. The SMILES string of the molecule is C=C(C)C(=O)OCc1c2ccccc2c(COC(=O)C(=C)C)c2ccccc12.C=C(C)C(=O)OCc1c2ccccc2cc2ccccc12.OCc1c2ccccc2cc2ccccc12.c1ccc(-c2c3ccccc3c(-c3ccccc3)c3ccccc23)cc1.c1ccc2cc3cc4cc5ccccc5cc4cc3cc2c1.c1ccc2cc3ccccc3cc2c1. The van der Waals surface area contributed by atoms with Crippen molar-refractivity contribution >= 4 is 169 Å². The van der Waals surface area contributed by atoms with Gasteiger partial charge in [0.05, 0.1) is 6.61 Å². The van der Waals surface area contributed by atoms with Gasteiger partial charge in [-0.15, -0.1) is 0 Å². The molecule has 22 rings (SSSR count). The standard InChI is InChI=1S/C26H18.C24H22O4.C22H14.C19H16O2.C15H12O.C14H10/c1-3-11-19(12-4-1)25-21-15-7-9-17-23(21)26(20-13-5-2-6-14-20)24-18-10-8-16-22(24)25;1-15(2)23(25)27-13-21-17-9-5-7-11-19(17)22(14-28-24(26)16(3)4)20-12-8-6-10-18(20)21;1-2-6-16-10-20-14-22-12-18-8-4-3-7-17(18)11-21(22)13-19(20)9-15(16)5-1;1-13(2)19(20)21-12-18-16-9-5-3-7-14(16)11-15-8-4-6-10-17(15)18;16-10-15-13-7-3-1-5-11(13)9-12-6-2-4-8-14(12)15;1-2-6-12-10-14-8-4-3-7-13(14)9-11(12)5-1/h1-18H;5-12H,1,3,13-14H2,2,4H3;1-14H;3-11H,1,12H2,2H3;1-9,16H,10H2;1-10H. The summed E-state index contributed by atoms with van der Waals surface area (Å²) in [6, 6.07) is 144. The highest BCUT2D eigenvalue weighted by molar-refractivity contribution is 6.22. The van der Waals surface area contributed by atoms with Crippen molar-refractivity contribution in [3.63, 3.8) is 0 Å². The quantitative estimate of drug-likeness (QED) is 0.0563. The number of hydrogen-bond acceptors (Lipinski definition) is 7. The van der Waals surface area contributed by atoms with Crippen LogP contribution in [0.25, 0.3) is 173 Å². The minimum absolute atomic E-state index is 0.0852. The number of benzene rings is 22. The van der Waals surface area contributed by atoms with Gasteiger partial charge in [0.15, 0.2) is 0 Å². The lowest BCUT2D eigenvalue weighted by molar-refractivity contribution is -0.141. The van der Waals surface area contributed by atoms with Crippen LogP contribution in [0.4, 0.5) is 0 Å². The summed E-state index contributed by atoms with van der Waals surface area (Å²) in [4.78, 5) is 35.5. The van der Waals surface area contributed by atoms with Crippen molar-refractivity contribution in [1.82, 2.24) is 0 Å². The first-order chi connectivity index (χ1) is 62.2. The van der Waals surface area contributed by atoms with E-state index in [1.165, 1.54) is 119 Å². The maximum absolute atomic E-state index is 11.9. The van der Waals surface area contributed by atoms with Gasteiger partial charge >= 0.3 is 17.9 Å². The van der Waals surface area contributed by atoms with Crippen LogP contribution in [0.2, 0.25) is 0 Å². The average Bonchev–Trinajstić information content (AvgIpc) is 0.736. The first kappa shape index (κ1) is 83.3. The van der Waals surface area contributed by atoms with Gasteiger partial charge in [-0.05, 0) is 260 Å². The van der Waals surface area contributed by atoms with Crippen LogP contribution in [0.5, 0.6) is 0 Å². The summed E-state index contributed by atoms with van der Waals surface area (Å²) in [5.74, 6) is -1.20. The minimum atomic E-state index is -0.423. The Kier molecular flexibility index (Phi) is 25.1. The molecule has 0 atom stereocenters. The summed E-state index contributed by atoms with van der Waals surface area (Å²) in [7, 11) is 0. The minimum Gasteiger partial charge on any atom is -0.457 e. The van der Waals surface area contributed by atoms with Crippen LogP contribution >= 0.6 is 0 Å². The normalized spacial score (nSPS) is 11.0. The molecule has 1 N–H and O–H groups in total. The summed E-state index contributed by atoms with van der Waals surface area (Å²) in [6.07, 6.45) is 0. The fraction of sp³-hybridized carbons (Fsp3) is 0.0583. The van der Waals surface area contributed by atoms with E-state index in [9.17, 15) is 19.5 Å². The predicted molar refractivity (Wildman–Crippen MR) is 534 cm³/mol. The summed E-state index contributed by atoms with van der Waals surface area (Å²) < 4.78 is 16.2. The monoisotopic (exact) mass is 1640 g/mol. The van der Waals surface area contributed by atoms with E-state index in [2.05, 4.69) is 335 Å². The van der Waals surface area contributed by atoms with Gasteiger partial charge in [0.2, 0.25) is 0 Å². The molecule has 0 unspecified atom stereocenters. The molecule has 127 heavy (non-hydrogen) atoms. The fourth-order valence-electron chi connectivity index (χ4n) is 17.2. The van der Waals surface area contributed by atoms with Crippen LogP contribution in [0, 0.1) is 0 Å². The first-order valence-electron chi connectivity index (χ1n) is 42.7.